The molecule has 0 heterocycles. The Hall–Kier alpha value is -3.22. The maximum atomic E-state index is 12.6. The molecule has 0 bridgehead atoms. The maximum absolute atomic E-state index is 12.6. The van der Waals surface area contributed by atoms with Crippen molar-refractivity contribution in [2.24, 2.45) is 0 Å². The first kappa shape index (κ1) is 21.1. The number of carbonyl (C=O) groups is 2. The van der Waals surface area contributed by atoms with Crippen molar-refractivity contribution in [3.63, 3.8) is 0 Å². The summed E-state index contributed by atoms with van der Waals surface area (Å²) in [6, 6.07) is 11.9. The summed E-state index contributed by atoms with van der Waals surface area (Å²) in [5.74, 6) is 1.18. The fourth-order valence-electron chi connectivity index (χ4n) is 2.51. The number of methoxy groups -OCH3 is 2. The maximum Gasteiger partial charge on any atom is 0.254 e. The SMILES string of the molecule is CCCOc1ccc(C(=O)N(C)CC(=O)Nc2ccc(OC)cc2)cc1OC. The lowest BCUT2D eigenvalue weighted by atomic mass is 10.1. The second kappa shape index (κ2) is 10.2. The van der Waals surface area contributed by atoms with E-state index in [1.807, 2.05) is 6.92 Å². The van der Waals surface area contributed by atoms with Crippen molar-refractivity contribution in [3.8, 4) is 17.2 Å². The Bertz CT molecular complexity index is 805. The Morgan fingerprint density at radius 3 is 2.32 bits per heavy atom. The fraction of sp³-hybridized carbons (Fsp3) is 0.333. The van der Waals surface area contributed by atoms with E-state index in [9.17, 15) is 9.59 Å². The first-order valence-electron chi connectivity index (χ1n) is 8.98. The minimum absolute atomic E-state index is 0.0821. The van der Waals surface area contributed by atoms with Gasteiger partial charge in [-0.1, -0.05) is 6.92 Å². The van der Waals surface area contributed by atoms with Gasteiger partial charge in [0.25, 0.3) is 5.91 Å². The van der Waals surface area contributed by atoms with E-state index in [0.717, 1.165) is 6.42 Å². The average molecular weight is 386 g/mol. The molecule has 7 heteroatoms. The van der Waals surface area contributed by atoms with E-state index in [-0.39, 0.29) is 18.4 Å². The van der Waals surface area contributed by atoms with Gasteiger partial charge < -0.3 is 24.4 Å². The predicted octanol–water partition coefficient (Wildman–Crippen LogP) is 3.20. The Morgan fingerprint density at radius 1 is 1.00 bits per heavy atom. The van der Waals surface area contributed by atoms with Crippen LogP contribution in [0.25, 0.3) is 0 Å². The summed E-state index contributed by atoms with van der Waals surface area (Å²) in [5, 5.41) is 2.75. The minimum Gasteiger partial charge on any atom is -0.497 e. The molecule has 0 aliphatic carbocycles. The summed E-state index contributed by atoms with van der Waals surface area (Å²) >= 11 is 0. The molecule has 0 aromatic heterocycles. The summed E-state index contributed by atoms with van der Waals surface area (Å²) in [4.78, 5) is 26.2. The quantitative estimate of drug-likeness (QED) is 0.716. The zero-order chi connectivity index (χ0) is 20.5. The number of ether oxygens (including phenoxy) is 3. The molecule has 0 fully saturated rings. The van der Waals surface area contributed by atoms with Crippen LogP contribution in [0.4, 0.5) is 5.69 Å². The van der Waals surface area contributed by atoms with Crippen molar-refractivity contribution in [3.05, 3.63) is 48.0 Å². The van der Waals surface area contributed by atoms with Crippen LogP contribution in [0.15, 0.2) is 42.5 Å². The van der Waals surface area contributed by atoms with Crippen LogP contribution in [0, 0.1) is 0 Å². The third-order valence-corrected chi connectivity index (χ3v) is 3.97. The van der Waals surface area contributed by atoms with Crippen LogP contribution < -0.4 is 19.5 Å². The van der Waals surface area contributed by atoms with Gasteiger partial charge in [0.1, 0.15) is 5.75 Å². The summed E-state index contributed by atoms with van der Waals surface area (Å²) in [7, 11) is 4.67. The topological polar surface area (TPSA) is 77.1 Å². The van der Waals surface area contributed by atoms with Crippen LogP contribution in [0.3, 0.4) is 0 Å². The van der Waals surface area contributed by atoms with Crippen LogP contribution in [0.1, 0.15) is 23.7 Å². The van der Waals surface area contributed by atoms with Gasteiger partial charge in [0.2, 0.25) is 5.91 Å². The monoisotopic (exact) mass is 386 g/mol. The summed E-state index contributed by atoms with van der Waals surface area (Å²) < 4.78 is 16.0. The molecular weight excluding hydrogens is 360 g/mol. The van der Waals surface area contributed by atoms with Gasteiger partial charge in [0.15, 0.2) is 11.5 Å². The van der Waals surface area contributed by atoms with E-state index in [0.29, 0.717) is 35.1 Å². The molecular formula is C21H26N2O5. The Balaban J connectivity index is 1.99. The van der Waals surface area contributed by atoms with E-state index in [1.54, 1.807) is 56.6 Å². The molecule has 2 amide bonds. The Kier molecular flexibility index (Phi) is 7.68. The zero-order valence-corrected chi connectivity index (χ0v) is 16.7. The molecule has 2 rings (SSSR count). The lowest BCUT2D eigenvalue weighted by Gasteiger charge is -2.18. The molecule has 7 nitrogen and oxygen atoms in total. The average Bonchev–Trinajstić information content (AvgIpc) is 2.71. The van der Waals surface area contributed by atoms with E-state index < -0.39 is 0 Å². The number of benzene rings is 2. The predicted molar refractivity (Wildman–Crippen MR) is 107 cm³/mol. The fourth-order valence-corrected chi connectivity index (χ4v) is 2.51. The second-order valence-corrected chi connectivity index (χ2v) is 6.15. The molecule has 1 N–H and O–H groups in total. The van der Waals surface area contributed by atoms with Gasteiger partial charge in [-0.3, -0.25) is 9.59 Å². The number of anilines is 1. The van der Waals surface area contributed by atoms with Crippen LogP contribution in [0.5, 0.6) is 17.2 Å². The molecule has 0 atom stereocenters. The lowest BCUT2D eigenvalue weighted by molar-refractivity contribution is -0.116. The van der Waals surface area contributed by atoms with E-state index >= 15 is 0 Å². The van der Waals surface area contributed by atoms with Gasteiger partial charge in [-0.2, -0.15) is 0 Å². The Morgan fingerprint density at radius 2 is 1.71 bits per heavy atom. The number of likely N-dealkylation sites (N-methyl/N-ethyl adjacent to an activating group) is 1. The minimum atomic E-state index is -0.295. The van der Waals surface area contributed by atoms with Crippen molar-refractivity contribution >= 4 is 17.5 Å². The summed E-state index contributed by atoms with van der Waals surface area (Å²) in [5.41, 5.74) is 1.05. The molecule has 0 aliphatic rings. The summed E-state index contributed by atoms with van der Waals surface area (Å²) in [6.45, 7) is 2.49. The zero-order valence-electron chi connectivity index (χ0n) is 16.7. The molecule has 0 saturated carbocycles. The smallest absolute Gasteiger partial charge is 0.254 e. The number of hydrogen-bond acceptors (Lipinski definition) is 5. The number of hydrogen-bond donors (Lipinski definition) is 1. The van der Waals surface area contributed by atoms with Crippen LogP contribution in [-0.4, -0.2) is 51.1 Å². The van der Waals surface area contributed by atoms with Crippen LogP contribution in [-0.2, 0) is 4.79 Å². The van der Waals surface area contributed by atoms with Crippen molar-refractivity contribution in [2.75, 3.05) is 39.7 Å². The van der Waals surface area contributed by atoms with Gasteiger partial charge in [0, 0.05) is 18.3 Å². The normalized spacial score (nSPS) is 10.1. The van der Waals surface area contributed by atoms with E-state index in [1.165, 1.54) is 12.0 Å². The van der Waals surface area contributed by atoms with Gasteiger partial charge in [-0.05, 0) is 48.9 Å². The highest BCUT2D eigenvalue weighted by Crippen LogP contribution is 2.28. The number of amides is 2. The number of rotatable bonds is 9. The number of carbonyl (C=O) groups excluding carboxylic acids is 2. The van der Waals surface area contributed by atoms with Gasteiger partial charge in [-0.15, -0.1) is 0 Å². The Labute approximate surface area is 165 Å². The summed E-state index contributed by atoms with van der Waals surface area (Å²) in [6.07, 6.45) is 0.871. The van der Waals surface area contributed by atoms with Gasteiger partial charge in [0.05, 0.1) is 27.4 Å². The van der Waals surface area contributed by atoms with E-state index in [4.69, 9.17) is 14.2 Å². The number of nitrogens with one attached hydrogen (secondary N) is 1. The van der Waals surface area contributed by atoms with Crippen molar-refractivity contribution in [1.82, 2.24) is 4.90 Å². The third-order valence-electron chi connectivity index (χ3n) is 3.97. The molecule has 0 radical (unpaired) electrons. The first-order valence-corrected chi connectivity index (χ1v) is 8.98. The molecule has 2 aromatic carbocycles. The molecule has 150 valence electrons. The van der Waals surface area contributed by atoms with Crippen molar-refractivity contribution in [2.45, 2.75) is 13.3 Å². The molecule has 0 unspecified atom stereocenters. The molecule has 28 heavy (non-hydrogen) atoms. The standard InChI is InChI=1S/C21H26N2O5/c1-5-12-28-18-11-6-15(13-19(18)27-4)21(25)23(2)14-20(24)22-16-7-9-17(26-3)10-8-16/h6-11,13H,5,12,14H2,1-4H3,(H,22,24). The second-order valence-electron chi connectivity index (χ2n) is 6.15. The molecule has 0 aliphatic heterocycles. The molecule has 0 spiro atoms. The van der Waals surface area contributed by atoms with Crippen molar-refractivity contribution in [1.29, 1.82) is 0 Å². The van der Waals surface area contributed by atoms with Crippen LogP contribution in [0.2, 0.25) is 0 Å². The molecule has 0 saturated heterocycles. The van der Waals surface area contributed by atoms with Gasteiger partial charge in [-0.25, -0.2) is 0 Å². The highest BCUT2D eigenvalue weighted by molar-refractivity contribution is 5.99. The highest BCUT2D eigenvalue weighted by atomic mass is 16.5. The number of nitrogens with zero attached hydrogens (tertiary/aromatic N) is 1. The molecule has 2 aromatic rings. The van der Waals surface area contributed by atoms with E-state index in [2.05, 4.69) is 5.32 Å². The van der Waals surface area contributed by atoms with Gasteiger partial charge >= 0.3 is 0 Å². The third kappa shape index (κ3) is 5.64. The van der Waals surface area contributed by atoms with Crippen molar-refractivity contribution < 1.29 is 23.8 Å². The highest BCUT2D eigenvalue weighted by Gasteiger charge is 2.17. The lowest BCUT2D eigenvalue weighted by Crippen LogP contribution is -2.34. The largest absolute Gasteiger partial charge is 0.497 e. The first-order chi connectivity index (χ1) is 13.5. The van der Waals surface area contributed by atoms with Crippen LogP contribution >= 0.6 is 0 Å².